The Morgan fingerprint density at radius 2 is 2.10 bits per heavy atom. The van der Waals surface area contributed by atoms with Gasteiger partial charge < -0.3 is 19.7 Å². The molecule has 9 heteroatoms. The van der Waals surface area contributed by atoms with E-state index in [1.54, 1.807) is 6.20 Å². The number of aryl methyl sites for hydroxylation is 1. The molecule has 5 rings (SSSR count). The summed E-state index contributed by atoms with van der Waals surface area (Å²) < 4.78 is 7.37. The third kappa shape index (κ3) is 3.13. The first-order chi connectivity index (χ1) is 14.5. The summed E-state index contributed by atoms with van der Waals surface area (Å²) in [6.45, 7) is 1.95. The number of aromatic nitrogens is 5. The van der Waals surface area contributed by atoms with Crippen molar-refractivity contribution in [1.29, 1.82) is 0 Å². The van der Waals surface area contributed by atoms with Crippen LogP contribution in [0.4, 0.5) is 5.82 Å². The molecule has 1 saturated carbocycles. The molecule has 30 heavy (non-hydrogen) atoms. The van der Waals surface area contributed by atoms with E-state index in [0.29, 0.717) is 24.2 Å². The number of carbonyl (C=O) groups excluding carboxylic acids is 1. The molecule has 0 atom stereocenters. The fourth-order valence-electron chi connectivity index (χ4n) is 3.81. The summed E-state index contributed by atoms with van der Waals surface area (Å²) in [4.78, 5) is 30.4. The van der Waals surface area contributed by atoms with E-state index in [0.717, 1.165) is 16.9 Å². The van der Waals surface area contributed by atoms with E-state index in [-0.39, 0.29) is 41.6 Å². The van der Waals surface area contributed by atoms with Gasteiger partial charge in [0.1, 0.15) is 23.3 Å². The Morgan fingerprint density at radius 3 is 2.83 bits per heavy atom. The number of hydrogen-bond donors (Lipinski definition) is 2. The highest BCUT2D eigenvalue weighted by atomic mass is 16.3. The van der Waals surface area contributed by atoms with Crippen LogP contribution in [0.2, 0.25) is 0 Å². The molecule has 0 spiro atoms. The van der Waals surface area contributed by atoms with Crippen molar-refractivity contribution in [2.45, 2.75) is 32.3 Å². The van der Waals surface area contributed by atoms with Gasteiger partial charge in [0.2, 0.25) is 5.89 Å². The first-order valence-electron chi connectivity index (χ1n) is 9.72. The topological polar surface area (TPSA) is 132 Å². The zero-order valence-corrected chi connectivity index (χ0v) is 16.3. The van der Waals surface area contributed by atoms with Gasteiger partial charge in [0, 0.05) is 30.1 Å². The van der Waals surface area contributed by atoms with Crippen LogP contribution in [-0.2, 0) is 0 Å². The molecule has 0 unspecified atom stereocenters. The lowest BCUT2D eigenvalue weighted by atomic mass is 9.79. The number of oxazole rings is 1. The van der Waals surface area contributed by atoms with Gasteiger partial charge >= 0.3 is 0 Å². The molecule has 4 aromatic heterocycles. The number of ketones is 1. The maximum atomic E-state index is 12.9. The van der Waals surface area contributed by atoms with Gasteiger partial charge in [-0.05, 0) is 37.8 Å². The second-order valence-electron chi connectivity index (χ2n) is 7.66. The van der Waals surface area contributed by atoms with Crippen LogP contribution in [0.1, 0.15) is 35.4 Å². The number of hydrogen-bond acceptors (Lipinski definition) is 8. The first kappa shape index (κ1) is 18.4. The SMILES string of the molecule is Cc1cnc2ccc(-c3nc(C(=O)CC4CC(O)C4)c(N)nc3-c3ncco3)cn12. The Balaban J connectivity index is 1.62. The number of carbonyl (C=O) groups is 1. The molecule has 1 aliphatic rings. The molecule has 4 aromatic rings. The van der Waals surface area contributed by atoms with Crippen molar-refractivity contribution in [1.82, 2.24) is 24.3 Å². The van der Waals surface area contributed by atoms with Crippen molar-refractivity contribution >= 4 is 17.2 Å². The number of anilines is 1. The average molecular weight is 404 g/mol. The monoisotopic (exact) mass is 404 g/mol. The van der Waals surface area contributed by atoms with Gasteiger partial charge in [0.25, 0.3) is 0 Å². The number of nitrogens with zero attached hydrogens (tertiary/aromatic N) is 5. The van der Waals surface area contributed by atoms with Crippen LogP contribution < -0.4 is 5.73 Å². The molecule has 9 nitrogen and oxygen atoms in total. The number of nitrogens with two attached hydrogens (primary N) is 1. The Kier molecular flexibility index (Phi) is 4.32. The predicted octanol–water partition coefficient (Wildman–Crippen LogP) is 2.68. The van der Waals surface area contributed by atoms with Crippen LogP contribution in [0.15, 0.2) is 41.4 Å². The number of imidazole rings is 1. The zero-order valence-electron chi connectivity index (χ0n) is 16.3. The van der Waals surface area contributed by atoms with Crippen molar-refractivity contribution in [3.05, 3.63) is 48.4 Å². The second-order valence-corrected chi connectivity index (χ2v) is 7.66. The van der Waals surface area contributed by atoms with Crippen molar-refractivity contribution in [3.63, 3.8) is 0 Å². The third-order valence-corrected chi connectivity index (χ3v) is 5.47. The van der Waals surface area contributed by atoms with E-state index in [1.807, 2.05) is 29.7 Å². The summed E-state index contributed by atoms with van der Waals surface area (Å²) in [5.74, 6) is 0.273. The Morgan fingerprint density at radius 1 is 1.27 bits per heavy atom. The van der Waals surface area contributed by atoms with Gasteiger partial charge in [-0.3, -0.25) is 4.79 Å². The molecule has 3 N–H and O–H groups in total. The van der Waals surface area contributed by atoms with Crippen LogP contribution in [0, 0.1) is 12.8 Å². The van der Waals surface area contributed by atoms with Gasteiger partial charge in [0.15, 0.2) is 17.3 Å². The lowest BCUT2D eigenvalue weighted by Gasteiger charge is -2.30. The fourth-order valence-corrected chi connectivity index (χ4v) is 3.81. The molecule has 0 bridgehead atoms. The van der Waals surface area contributed by atoms with Gasteiger partial charge in [-0.1, -0.05) is 0 Å². The molecular weight excluding hydrogens is 384 g/mol. The molecular formula is C21H20N6O3. The van der Waals surface area contributed by atoms with Crippen molar-refractivity contribution in [2.75, 3.05) is 5.73 Å². The maximum Gasteiger partial charge on any atom is 0.247 e. The van der Waals surface area contributed by atoms with E-state index >= 15 is 0 Å². The smallest absolute Gasteiger partial charge is 0.247 e. The summed E-state index contributed by atoms with van der Waals surface area (Å²) in [7, 11) is 0. The van der Waals surface area contributed by atoms with E-state index < -0.39 is 0 Å². The molecule has 0 amide bonds. The molecule has 4 heterocycles. The van der Waals surface area contributed by atoms with Crippen LogP contribution in [0.5, 0.6) is 0 Å². The van der Waals surface area contributed by atoms with E-state index in [2.05, 4.69) is 19.9 Å². The van der Waals surface area contributed by atoms with Gasteiger partial charge in [-0.2, -0.15) is 0 Å². The molecule has 0 aromatic carbocycles. The largest absolute Gasteiger partial charge is 0.443 e. The normalized spacial score (nSPS) is 18.5. The number of rotatable bonds is 5. The minimum atomic E-state index is -0.320. The van der Waals surface area contributed by atoms with Crippen LogP contribution in [0.3, 0.4) is 0 Å². The van der Waals surface area contributed by atoms with Gasteiger partial charge in [0.05, 0.1) is 12.3 Å². The summed E-state index contributed by atoms with van der Waals surface area (Å²) in [5.41, 5.74) is 9.56. The molecule has 0 aliphatic heterocycles. The lowest BCUT2D eigenvalue weighted by molar-refractivity contribution is 0.0380. The number of Topliss-reactive ketones (excluding diaryl/α,β-unsaturated/α-hetero) is 1. The number of aliphatic hydroxyl groups excluding tert-OH is 1. The minimum absolute atomic E-state index is 0.0386. The lowest BCUT2D eigenvalue weighted by Crippen LogP contribution is -2.30. The van der Waals surface area contributed by atoms with E-state index in [4.69, 9.17) is 10.2 Å². The van der Waals surface area contributed by atoms with Gasteiger partial charge in [-0.25, -0.2) is 19.9 Å². The highest BCUT2D eigenvalue weighted by molar-refractivity contribution is 5.99. The van der Waals surface area contributed by atoms with Crippen molar-refractivity contribution in [3.8, 4) is 22.8 Å². The Labute approximate surface area is 171 Å². The first-order valence-corrected chi connectivity index (χ1v) is 9.72. The molecule has 0 radical (unpaired) electrons. The number of aliphatic hydroxyl groups is 1. The highest BCUT2D eigenvalue weighted by Gasteiger charge is 2.31. The van der Waals surface area contributed by atoms with Crippen LogP contribution in [-0.4, -0.2) is 41.3 Å². The standard InChI is InChI=1S/C21H20N6O3/c1-11-9-24-16-3-2-13(10-27(11)16)17-19(21-23-4-5-30-21)26-20(22)18(25-17)15(29)8-12-6-14(28)7-12/h2-5,9-10,12,14,28H,6-8H2,1H3,(H2,22,26). The second kappa shape index (κ2) is 7.03. The average Bonchev–Trinajstić information content (AvgIpc) is 3.37. The van der Waals surface area contributed by atoms with Crippen molar-refractivity contribution in [2.24, 2.45) is 5.92 Å². The minimum Gasteiger partial charge on any atom is -0.443 e. The van der Waals surface area contributed by atoms with Crippen molar-refractivity contribution < 1.29 is 14.3 Å². The molecule has 1 aliphatic carbocycles. The van der Waals surface area contributed by atoms with Crippen LogP contribution in [0.25, 0.3) is 28.5 Å². The Hall–Kier alpha value is -3.59. The summed E-state index contributed by atoms with van der Waals surface area (Å²) in [6.07, 6.45) is 7.84. The number of pyridine rings is 1. The molecule has 152 valence electrons. The van der Waals surface area contributed by atoms with Gasteiger partial charge in [-0.15, -0.1) is 0 Å². The fraction of sp³-hybridized carbons (Fsp3) is 0.286. The summed E-state index contributed by atoms with van der Waals surface area (Å²) in [6, 6.07) is 3.74. The van der Waals surface area contributed by atoms with E-state index in [9.17, 15) is 9.90 Å². The molecule has 1 fully saturated rings. The summed E-state index contributed by atoms with van der Waals surface area (Å²) in [5, 5.41) is 9.49. The quantitative estimate of drug-likeness (QED) is 0.485. The van der Waals surface area contributed by atoms with Crippen LogP contribution >= 0.6 is 0 Å². The zero-order chi connectivity index (χ0) is 20.8. The summed E-state index contributed by atoms with van der Waals surface area (Å²) >= 11 is 0. The third-order valence-electron chi connectivity index (χ3n) is 5.47. The number of nitrogen functional groups attached to an aromatic ring is 1. The highest BCUT2D eigenvalue weighted by Crippen LogP contribution is 2.34. The predicted molar refractivity (Wildman–Crippen MR) is 109 cm³/mol. The number of fused-ring (bicyclic) bond motifs is 1. The van der Waals surface area contributed by atoms with E-state index in [1.165, 1.54) is 12.5 Å². The Bertz CT molecular complexity index is 1240. The molecule has 0 saturated heterocycles. The maximum absolute atomic E-state index is 12.9.